The van der Waals surface area contributed by atoms with Gasteiger partial charge in [0.05, 0.1) is 6.61 Å². The molecule has 0 radical (unpaired) electrons. The maximum Gasteiger partial charge on any atom is 0.328 e. The van der Waals surface area contributed by atoms with E-state index in [4.69, 9.17) is 10.2 Å². The van der Waals surface area contributed by atoms with Crippen molar-refractivity contribution in [3.05, 3.63) is 12.7 Å². The molecule has 1 atom stereocenters. The van der Waals surface area contributed by atoms with Crippen LogP contribution in [0, 0.1) is 0 Å². The molecule has 3 amide bonds. The Labute approximate surface area is 110 Å². The summed E-state index contributed by atoms with van der Waals surface area (Å²) in [4.78, 5) is 36.8. The van der Waals surface area contributed by atoms with E-state index in [9.17, 15) is 14.4 Å². The molecule has 1 aliphatic rings. The highest BCUT2D eigenvalue weighted by Crippen LogP contribution is 2.09. The number of urea groups is 1. The zero-order valence-corrected chi connectivity index (χ0v) is 10.4. The Bertz CT molecular complexity index is 385. The van der Waals surface area contributed by atoms with Crippen molar-refractivity contribution in [1.82, 2.24) is 15.1 Å². The van der Waals surface area contributed by atoms with Crippen molar-refractivity contribution < 1.29 is 24.6 Å². The third-order valence-electron chi connectivity index (χ3n) is 2.70. The number of piperazine rings is 1. The smallest absolute Gasteiger partial charge is 0.328 e. The lowest BCUT2D eigenvalue weighted by molar-refractivity contribution is -0.144. The predicted octanol–water partition coefficient (Wildman–Crippen LogP) is -1.53. The van der Waals surface area contributed by atoms with Gasteiger partial charge in [0.15, 0.2) is 0 Å². The number of aliphatic carboxylic acids is 1. The van der Waals surface area contributed by atoms with Gasteiger partial charge in [-0.3, -0.25) is 9.69 Å². The number of carboxylic acid groups (broad SMARTS) is 1. The number of carbonyl (C=O) groups is 3. The van der Waals surface area contributed by atoms with E-state index in [-0.39, 0.29) is 32.8 Å². The number of hydrogen-bond donors (Lipinski definition) is 3. The van der Waals surface area contributed by atoms with Crippen LogP contribution in [0.1, 0.15) is 0 Å². The summed E-state index contributed by atoms with van der Waals surface area (Å²) in [6, 6.07) is -1.70. The van der Waals surface area contributed by atoms with Crippen molar-refractivity contribution >= 4 is 17.9 Å². The Hall–Kier alpha value is -2.09. The van der Waals surface area contributed by atoms with E-state index in [1.807, 2.05) is 0 Å². The SMILES string of the molecule is C=CCN(CCO)C(=O)N1CC(=O)NCC1C(=O)O. The summed E-state index contributed by atoms with van der Waals surface area (Å²) < 4.78 is 0. The number of rotatable bonds is 5. The molecule has 1 heterocycles. The molecule has 106 valence electrons. The fraction of sp³-hybridized carbons (Fsp3) is 0.545. The second-order valence-electron chi connectivity index (χ2n) is 4.03. The lowest BCUT2D eigenvalue weighted by Crippen LogP contribution is -2.62. The zero-order chi connectivity index (χ0) is 14.4. The Morgan fingerprint density at radius 2 is 2.26 bits per heavy atom. The monoisotopic (exact) mass is 271 g/mol. The molecule has 8 heteroatoms. The molecule has 1 unspecified atom stereocenters. The number of nitrogens with zero attached hydrogens (tertiary/aromatic N) is 2. The highest BCUT2D eigenvalue weighted by atomic mass is 16.4. The number of aliphatic hydroxyl groups is 1. The van der Waals surface area contributed by atoms with Crippen LogP contribution in [0.3, 0.4) is 0 Å². The molecule has 0 aromatic rings. The number of carboxylic acids is 1. The molecule has 1 saturated heterocycles. The Kier molecular flexibility index (Phi) is 5.31. The summed E-state index contributed by atoms with van der Waals surface area (Å²) in [6.07, 6.45) is 1.47. The van der Waals surface area contributed by atoms with Crippen LogP contribution in [-0.2, 0) is 9.59 Å². The van der Waals surface area contributed by atoms with Gasteiger partial charge >= 0.3 is 12.0 Å². The highest BCUT2D eigenvalue weighted by Gasteiger charge is 2.36. The molecule has 1 rings (SSSR count). The molecule has 0 spiro atoms. The summed E-state index contributed by atoms with van der Waals surface area (Å²) in [5.74, 6) is -1.59. The fourth-order valence-corrected chi connectivity index (χ4v) is 1.79. The molecular weight excluding hydrogens is 254 g/mol. The molecule has 1 fully saturated rings. The predicted molar refractivity (Wildman–Crippen MR) is 65.4 cm³/mol. The molecule has 0 aromatic heterocycles. The van der Waals surface area contributed by atoms with Crippen LogP contribution in [0.25, 0.3) is 0 Å². The average molecular weight is 271 g/mol. The number of nitrogens with one attached hydrogen (secondary N) is 1. The second-order valence-corrected chi connectivity index (χ2v) is 4.03. The number of amides is 3. The van der Waals surface area contributed by atoms with E-state index in [1.54, 1.807) is 0 Å². The van der Waals surface area contributed by atoms with Gasteiger partial charge in [-0.1, -0.05) is 6.08 Å². The number of hydrogen-bond acceptors (Lipinski definition) is 4. The van der Waals surface area contributed by atoms with E-state index in [0.29, 0.717) is 0 Å². The van der Waals surface area contributed by atoms with E-state index >= 15 is 0 Å². The maximum absolute atomic E-state index is 12.2. The third-order valence-corrected chi connectivity index (χ3v) is 2.70. The third kappa shape index (κ3) is 3.68. The highest BCUT2D eigenvalue weighted by molar-refractivity contribution is 5.90. The van der Waals surface area contributed by atoms with Gasteiger partial charge < -0.3 is 20.4 Å². The number of aliphatic hydroxyl groups excluding tert-OH is 1. The van der Waals surface area contributed by atoms with E-state index < -0.39 is 23.9 Å². The van der Waals surface area contributed by atoms with Crippen molar-refractivity contribution in [2.24, 2.45) is 0 Å². The van der Waals surface area contributed by atoms with Gasteiger partial charge in [0.2, 0.25) is 5.91 Å². The summed E-state index contributed by atoms with van der Waals surface area (Å²) in [5, 5.41) is 20.3. The molecule has 0 bridgehead atoms. The normalized spacial score (nSPS) is 18.7. The van der Waals surface area contributed by atoms with Crippen LogP contribution in [0.4, 0.5) is 4.79 Å². The van der Waals surface area contributed by atoms with Crippen molar-refractivity contribution in [2.75, 3.05) is 32.8 Å². The van der Waals surface area contributed by atoms with Gasteiger partial charge in [-0.2, -0.15) is 0 Å². The first-order chi connectivity index (χ1) is 9.01. The molecule has 19 heavy (non-hydrogen) atoms. The van der Waals surface area contributed by atoms with Crippen LogP contribution in [0.2, 0.25) is 0 Å². The maximum atomic E-state index is 12.2. The second kappa shape index (κ2) is 6.74. The van der Waals surface area contributed by atoms with Crippen molar-refractivity contribution in [3.63, 3.8) is 0 Å². The van der Waals surface area contributed by atoms with E-state index in [0.717, 1.165) is 4.90 Å². The van der Waals surface area contributed by atoms with Crippen molar-refractivity contribution in [2.45, 2.75) is 6.04 Å². The summed E-state index contributed by atoms with van der Waals surface area (Å²) in [5.41, 5.74) is 0. The van der Waals surface area contributed by atoms with Crippen LogP contribution >= 0.6 is 0 Å². The summed E-state index contributed by atoms with van der Waals surface area (Å²) >= 11 is 0. The van der Waals surface area contributed by atoms with Gasteiger partial charge in [0, 0.05) is 19.6 Å². The van der Waals surface area contributed by atoms with E-state index in [1.165, 1.54) is 11.0 Å². The van der Waals surface area contributed by atoms with Crippen molar-refractivity contribution in [3.8, 4) is 0 Å². The molecular formula is C11H17N3O5. The molecule has 8 nitrogen and oxygen atoms in total. The quantitative estimate of drug-likeness (QED) is 0.526. The van der Waals surface area contributed by atoms with Crippen LogP contribution in [-0.4, -0.2) is 76.7 Å². The minimum Gasteiger partial charge on any atom is -0.480 e. The van der Waals surface area contributed by atoms with Gasteiger partial charge in [-0.05, 0) is 0 Å². The molecule has 0 saturated carbocycles. The van der Waals surface area contributed by atoms with Crippen LogP contribution in [0.15, 0.2) is 12.7 Å². The summed E-state index contributed by atoms with van der Waals surface area (Å²) in [7, 11) is 0. The zero-order valence-electron chi connectivity index (χ0n) is 10.4. The average Bonchev–Trinajstić information content (AvgIpc) is 2.37. The minimum atomic E-state index is -1.18. The Morgan fingerprint density at radius 1 is 1.58 bits per heavy atom. The van der Waals surface area contributed by atoms with Gasteiger partial charge in [0.1, 0.15) is 12.6 Å². The van der Waals surface area contributed by atoms with Gasteiger partial charge in [-0.25, -0.2) is 9.59 Å². The topological polar surface area (TPSA) is 110 Å². The minimum absolute atomic E-state index is 0.0509. The summed E-state index contributed by atoms with van der Waals surface area (Å²) in [6.45, 7) is 3.02. The van der Waals surface area contributed by atoms with Crippen LogP contribution < -0.4 is 5.32 Å². The Morgan fingerprint density at radius 3 is 2.79 bits per heavy atom. The Balaban J connectivity index is 2.87. The first-order valence-corrected chi connectivity index (χ1v) is 5.78. The fourth-order valence-electron chi connectivity index (χ4n) is 1.79. The molecule has 3 N–H and O–H groups in total. The van der Waals surface area contributed by atoms with Crippen molar-refractivity contribution in [1.29, 1.82) is 0 Å². The lowest BCUT2D eigenvalue weighted by Gasteiger charge is -2.36. The standard InChI is InChI=1S/C11H17N3O5/c1-2-3-13(4-5-15)11(19)14-7-9(16)12-6-8(14)10(17)18/h2,8,15H,1,3-7H2,(H,12,16)(H,17,18). The lowest BCUT2D eigenvalue weighted by atomic mass is 10.2. The number of carbonyl (C=O) groups excluding carboxylic acids is 2. The molecule has 1 aliphatic heterocycles. The first kappa shape index (κ1) is 15.0. The molecule has 0 aromatic carbocycles. The van der Waals surface area contributed by atoms with Gasteiger partial charge in [0.25, 0.3) is 0 Å². The van der Waals surface area contributed by atoms with Gasteiger partial charge in [-0.15, -0.1) is 6.58 Å². The van der Waals surface area contributed by atoms with E-state index in [2.05, 4.69) is 11.9 Å². The molecule has 0 aliphatic carbocycles. The van der Waals surface area contributed by atoms with Crippen LogP contribution in [0.5, 0.6) is 0 Å². The largest absolute Gasteiger partial charge is 0.480 e. The first-order valence-electron chi connectivity index (χ1n) is 5.78.